The molecule has 2 aromatic rings. The van der Waals surface area contributed by atoms with E-state index in [9.17, 15) is 0 Å². The van der Waals surface area contributed by atoms with Gasteiger partial charge in [0.1, 0.15) is 0 Å². The van der Waals surface area contributed by atoms with E-state index in [2.05, 4.69) is 44.4 Å². The first-order valence-electron chi connectivity index (χ1n) is 8.17. The van der Waals surface area contributed by atoms with Gasteiger partial charge in [-0.3, -0.25) is 4.99 Å². The number of hydrogen-bond acceptors (Lipinski definition) is 5. The number of nitrogens with one attached hydrogen (secondary N) is 2. The second-order valence-corrected chi connectivity index (χ2v) is 8.61. The molecule has 0 fully saturated rings. The summed E-state index contributed by atoms with van der Waals surface area (Å²) >= 11 is 5.43. The van der Waals surface area contributed by atoms with Crippen LogP contribution in [-0.4, -0.2) is 43.1 Å². The van der Waals surface area contributed by atoms with Crippen molar-refractivity contribution in [3.05, 3.63) is 27.4 Å². The third kappa shape index (κ3) is 6.45. The number of aliphatic imine (C=N–C) groups is 1. The van der Waals surface area contributed by atoms with Crippen LogP contribution in [-0.2, 0) is 6.42 Å². The van der Waals surface area contributed by atoms with Crippen LogP contribution in [0.5, 0.6) is 0 Å². The van der Waals surface area contributed by atoms with E-state index >= 15 is 0 Å². The quantitative estimate of drug-likeness (QED) is 0.390. The predicted molar refractivity (Wildman–Crippen MR) is 111 cm³/mol. The minimum atomic E-state index is 0.889. The van der Waals surface area contributed by atoms with Crippen molar-refractivity contribution in [2.45, 2.75) is 26.2 Å². The van der Waals surface area contributed by atoms with Gasteiger partial charge in [-0.1, -0.05) is 0 Å². The number of aromatic nitrogens is 1. The lowest BCUT2D eigenvalue weighted by Crippen LogP contribution is -2.38. The Labute approximate surface area is 157 Å². The van der Waals surface area contributed by atoms with Gasteiger partial charge in [0.25, 0.3) is 0 Å². The van der Waals surface area contributed by atoms with Crippen LogP contribution < -0.4 is 10.6 Å². The minimum Gasteiger partial charge on any atom is -0.356 e. The standard InChI is InChI=1S/C17H26N4S3/c1-13-21-15(12-23-13)16-7-6-14(24-16)8-10-20-17(18-2)19-9-4-5-11-22-3/h6-7,12H,4-5,8-11H2,1-3H3,(H2,18,19,20). The highest BCUT2D eigenvalue weighted by Gasteiger charge is 2.06. The number of thioether (sulfide) groups is 1. The van der Waals surface area contributed by atoms with E-state index in [-0.39, 0.29) is 0 Å². The predicted octanol–water partition coefficient (Wildman–Crippen LogP) is 4.03. The summed E-state index contributed by atoms with van der Waals surface area (Å²) in [5.41, 5.74) is 1.10. The molecule has 2 rings (SSSR count). The zero-order chi connectivity index (χ0) is 17.2. The van der Waals surface area contributed by atoms with Crippen molar-refractivity contribution in [3.63, 3.8) is 0 Å². The molecule has 0 aliphatic carbocycles. The van der Waals surface area contributed by atoms with Crippen molar-refractivity contribution in [1.82, 2.24) is 15.6 Å². The summed E-state index contributed by atoms with van der Waals surface area (Å²) in [6.45, 7) is 3.92. The van der Waals surface area contributed by atoms with Gasteiger partial charge in [0.2, 0.25) is 0 Å². The highest BCUT2D eigenvalue weighted by molar-refractivity contribution is 7.98. The second kappa shape index (κ2) is 10.7. The molecule has 0 saturated carbocycles. The van der Waals surface area contributed by atoms with Crippen molar-refractivity contribution in [2.24, 2.45) is 4.99 Å². The molecule has 0 bridgehead atoms. The Morgan fingerprint density at radius 3 is 2.79 bits per heavy atom. The molecule has 0 spiro atoms. The third-order valence-electron chi connectivity index (χ3n) is 3.49. The fourth-order valence-corrected chi connectivity index (χ4v) is 4.38. The Morgan fingerprint density at radius 1 is 1.25 bits per heavy atom. The number of rotatable bonds is 9. The molecule has 132 valence electrons. The van der Waals surface area contributed by atoms with E-state index < -0.39 is 0 Å². The van der Waals surface area contributed by atoms with Gasteiger partial charge in [-0.05, 0) is 50.3 Å². The molecule has 0 atom stereocenters. The number of thiophene rings is 1. The van der Waals surface area contributed by atoms with Gasteiger partial charge in [-0.2, -0.15) is 11.8 Å². The van der Waals surface area contributed by atoms with Crippen LogP contribution in [0.1, 0.15) is 22.7 Å². The Morgan fingerprint density at radius 2 is 2.08 bits per heavy atom. The lowest BCUT2D eigenvalue weighted by Gasteiger charge is -2.11. The topological polar surface area (TPSA) is 49.3 Å². The summed E-state index contributed by atoms with van der Waals surface area (Å²) in [5, 5.41) is 10.0. The number of aryl methyl sites for hydroxylation is 1. The summed E-state index contributed by atoms with van der Waals surface area (Å²) < 4.78 is 0. The first-order chi connectivity index (χ1) is 11.7. The second-order valence-electron chi connectivity index (χ2n) is 5.39. The molecule has 24 heavy (non-hydrogen) atoms. The average Bonchev–Trinajstić information content (AvgIpc) is 3.22. The lowest BCUT2D eigenvalue weighted by molar-refractivity contribution is 0.731. The maximum absolute atomic E-state index is 4.55. The normalized spacial score (nSPS) is 11.7. The van der Waals surface area contributed by atoms with Crippen molar-refractivity contribution < 1.29 is 0 Å². The molecule has 0 aromatic carbocycles. The number of guanidine groups is 1. The van der Waals surface area contributed by atoms with Crippen molar-refractivity contribution in [2.75, 3.05) is 32.1 Å². The van der Waals surface area contributed by atoms with Gasteiger partial charge in [0, 0.05) is 30.4 Å². The molecule has 0 unspecified atom stereocenters. The molecule has 0 aliphatic heterocycles. The van der Waals surface area contributed by atoms with Crippen LogP contribution in [0, 0.1) is 6.92 Å². The first-order valence-corrected chi connectivity index (χ1v) is 11.3. The summed E-state index contributed by atoms with van der Waals surface area (Å²) in [6, 6.07) is 4.38. The highest BCUT2D eigenvalue weighted by Crippen LogP contribution is 2.29. The van der Waals surface area contributed by atoms with Crippen LogP contribution in [0.2, 0.25) is 0 Å². The van der Waals surface area contributed by atoms with Crippen LogP contribution in [0.3, 0.4) is 0 Å². The molecule has 0 saturated heterocycles. The smallest absolute Gasteiger partial charge is 0.190 e. The maximum Gasteiger partial charge on any atom is 0.190 e. The molecule has 2 heterocycles. The zero-order valence-electron chi connectivity index (χ0n) is 14.6. The Kier molecular flexibility index (Phi) is 8.63. The van der Waals surface area contributed by atoms with Crippen molar-refractivity contribution in [1.29, 1.82) is 0 Å². The average molecular weight is 383 g/mol. The number of thiazole rings is 1. The molecule has 2 aromatic heterocycles. The molecule has 0 amide bonds. The van der Waals surface area contributed by atoms with Crippen LogP contribution in [0.25, 0.3) is 10.6 Å². The van der Waals surface area contributed by atoms with Gasteiger partial charge in [0.05, 0.1) is 15.6 Å². The van der Waals surface area contributed by atoms with Crippen molar-refractivity contribution >= 4 is 40.4 Å². The Balaban J connectivity index is 1.70. The van der Waals surface area contributed by atoms with Gasteiger partial charge < -0.3 is 10.6 Å². The fraction of sp³-hybridized carbons (Fsp3) is 0.529. The Hall–Kier alpha value is -1.05. The van der Waals surface area contributed by atoms with E-state index in [1.807, 2.05) is 37.1 Å². The summed E-state index contributed by atoms with van der Waals surface area (Å²) in [6.07, 6.45) is 5.59. The largest absolute Gasteiger partial charge is 0.356 e. The SMILES string of the molecule is CN=C(NCCCCSC)NCCc1ccc(-c2csc(C)n2)s1. The molecule has 2 N–H and O–H groups in total. The molecule has 7 heteroatoms. The molecular formula is C17H26N4S3. The fourth-order valence-electron chi connectivity index (χ4n) is 2.23. The Bertz CT molecular complexity index is 633. The van der Waals surface area contributed by atoms with E-state index in [1.54, 1.807) is 11.3 Å². The zero-order valence-corrected chi connectivity index (χ0v) is 17.0. The molecule has 0 radical (unpaired) electrons. The van der Waals surface area contributed by atoms with Gasteiger partial charge in [0.15, 0.2) is 5.96 Å². The number of nitrogens with zero attached hydrogens (tertiary/aromatic N) is 2. The van der Waals surface area contributed by atoms with E-state index in [0.717, 1.165) is 36.2 Å². The summed E-state index contributed by atoms with van der Waals surface area (Å²) in [4.78, 5) is 11.5. The summed E-state index contributed by atoms with van der Waals surface area (Å²) in [7, 11) is 1.82. The molecular weight excluding hydrogens is 356 g/mol. The third-order valence-corrected chi connectivity index (χ3v) is 6.13. The molecule has 4 nitrogen and oxygen atoms in total. The maximum atomic E-state index is 4.55. The first kappa shape index (κ1) is 19.3. The van der Waals surface area contributed by atoms with Crippen molar-refractivity contribution in [3.8, 4) is 10.6 Å². The van der Waals surface area contributed by atoms with Crippen LogP contribution in [0.4, 0.5) is 0 Å². The van der Waals surface area contributed by atoms with Gasteiger partial charge in [-0.25, -0.2) is 4.98 Å². The van der Waals surface area contributed by atoms with E-state index in [4.69, 9.17) is 0 Å². The monoisotopic (exact) mass is 382 g/mol. The number of hydrogen-bond donors (Lipinski definition) is 2. The summed E-state index contributed by atoms with van der Waals surface area (Å²) in [5.74, 6) is 2.12. The van der Waals surface area contributed by atoms with Gasteiger partial charge in [-0.15, -0.1) is 22.7 Å². The minimum absolute atomic E-state index is 0.889. The number of unbranched alkanes of at least 4 members (excludes halogenated alkanes) is 1. The van der Waals surface area contributed by atoms with Crippen LogP contribution >= 0.6 is 34.4 Å². The van der Waals surface area contributed by atoms with E-state index in [0.29, 0.717) is 0 Å². The van der Waals surface area contributed by atoms with Crippen LogP contribution in [0.15, 0.2) is 22.5 Å². The van der Waals surface area contributed by atoms with Gasteiger partial charge >= 0.3 is 0 Å². The van der Waals surface area contributed by atoms with E-state index in [1.165, 1.54) is 28.3 Å². The highest BCUT2D eigenvalue weighted by atomic mass is 32.2. The lowest BCUT2D eigenvalue weighted by atomic mass is 10.3. The molecule has 0 aliphatic rings.